The number of carbonyl (C=O) groups is 1. The Kier molecular flexibility index (Phi) is 8.46. The predicted molar refractivity (Wildman–Crippen MR) is 123 cm³/mol. The van der Waals surface area contributed by atoms with E-state index >= 15 is 0 Å². The maximum Gasteiger partial charge on any atom is 0.243 e. The van der Waals surface area contributed by atoms with Crippen molar-refractivity contribution in [2.75, 3.05) is 79.0 Å². The second-order valence-electron chi connectivity index (χ2n) is 8.70. The summed E-state index contributed by atoms with van der Waals surface area (Å²) in [7, 11) is -1.57. The minimum atomic E-state index is -3.67. The van der Waals surface area contributed by atoms with E-state index in [4.69, 9.17) is 0 Å². The Morgan fingerprint density at radius 3 is 2.35 bits per heavy atom. The van der Waals surface area contributed by atoms with Crippen molar-refractivity contribution in [1.29, 1.82) is 0 Å². The van der Waals surface area contributed by atoms with E-state index in [2.05, 4.69) is 22.2 Å². The zero-order valence-corrected chi connectivity index (χ0v) is 20.0. The molecule has 0 radical (unpaired) electrons. The van der Waals surface area contributed by atoms with Gasteiger partial charge < -0.3 is 15.1 Å². The smallest absolute Gasteiger partial charge is 0.243 e. The van der Waals surface area contributed by atoms with Crippen LogP contribution in [0.5, 0.6) is 0 Å². The molecule has 1 aromatic carbocycles. The molecule has 2 aliphatic heterocycles. The van der Waals surface area contributed by atoms with E-state index < -0.39 is 10.0 Å². The van der Waals surface area contributed by atoms with Crippen molar-refractivity contribution >= 4 is 15.9 Å². The molecule has 31 heavy (non-hydrogen) atoms. The molecule has 1 amide bonds. The van der Waals surface area contributed by atoms with Crippen LogP contribution in [0.2, 0.25) is 0 Å². The third-order valence-corrected chi connectivity index (χ3v) is 8.31. The zero-order chi connectivity index (χ0) is 22.4. The number of amides is 1. The van der Waals surface area contributed by atoms with Crippen LogP contribution >= 0.6 is 0 Å². The van der Waals surface area contributed by atoms with Crippen molar-refractivity contribution in [1.82, 2.24) is 24.3 Å². The number of rotatable bonds is 8. The van der Waals surface area contributed by atoms with Crippen molar-refractivity contribution < 1.29 is 13.2 Å². The fourth-order valence-corrected chi connectivity index (χ4v) is 5.83. The second-order valence-corrected chi connectivity index (χ2v) is 10.6. The van der Waals surface area contributed by atoms with Crippen LogP contribution in [0.25, 0.3) is 0 Å². The Labute approximate surface area is 187 Å². The Hall–Kier alpha value is -1.52. The van der Waals surface area contributed by atoms with Gasteiger partial charge in [0.1, 0.15) is 0 Å². The van der Waals surface area contributed by atoms with Gasteiger partial charge in [-0.1, -0.05) is 17.7 Å². The number of piperazine rings is 2. The van der Waals surface area contributed by atoms with E-state index in [9.17, 15) is 13.2 Å². The number of likely N-dealkylation sites (N-methyl/N-ethyl adjacent to an activating group) is 1. The summed E-state index contributed by atoms with van der Waals surface area (Å²) in [5.41, 5.74) is 1.78. The molecule has 2 fully saturated rings. The first-order chi connectivity index (χ1) is 14.8. The molecule has 0 bridgehead atoms. The third kappa shape index (κ3) is 6.49. The van der Waals surface area contributed by atoms with Crippen molar-refractivity contribution in [2.24, 2.45) is 0 Å². The molecule has 174 valence electrons. The van der Waals surface area contributed by atoms with E-state index in [1.807, 2.05) is 30.9 Å². The molecule has 0 spiro atoms. The Balaban J connectivity index is 1.71. The van der Waals surface area contributed by atoms with E-state index in [1.165, 1.54) is 4.31 Å². The summed E-state index contributed by atoms with van der Waals surface area (Å²) in [6.07, 6.45) is 0.215. The molecular weight excluding hydrogens is 414 g/mol. The Bertz CT molecular complexity index is 847. The van der Waals surface area contributed by atoms with Crippen LogP contribution in [-0.2, 0) is 14.8 Å². The summed E-state index contributed by atoms with van der Waals surface area (Å²) in [6, 6.07) is 5.43. The average Bonchev–Trinajstić information content (AvgIpc) is 2.75. The van der Waals surface area contributed by atoms with Gasteiger partial charge in [0, 0.05) is 78.4 Å². The number of carbonyl (C=O) groups excluding carboxylic acids is 1. The number of aryl methyl sites for hydroxylation is 2. The molecule has 1 aromatic rings. The largest absolute Gasteiger partial charge is 0.340 e. The van der Waals surface area contributed by atoms with E-state index in [0.717, 1.165) is 50.4 Å². The lowest BCUT2D eigenvalue weighted by molar-refractivity contribution is -0.131. The lowest BCUT2D eigenvalue weighted by Gasteiger charge is -2.34. The number of sulfonamides is 1. The molecule has 0 saturated carbocycles. The molecule has 0 aliphatic carbocycles. The highest BCUT2D eigenvalue weighted by molar-refractivity contribution is 7.89. The normalized spacial score (nSPS) is 19.2. The van der Waals surface area contributed by atoms with Crippen molar-refractivity contribution in [3.8, 4) is 0 Å². The van der Waals surface area contributed by atoms with Gasteiger partial charge in [0.25, 0.3) is 0 Å². The molecule has 1 N–H and O–H groups in total. The fourth-order valence-electron chi connectivity index (χ4n) is 4.20. The van der Waals surface area contributed by atoms with Crippen LogP contribution in [0.15, 0.2) is 23.1 Å². The summed E-state index contributed by atoms with van der Waals surface area (Å²) in [6.45, 7) is 11.9. The van der Waals surface area contributed by atoms with Crippen LogP contribution in [0, 0.1) is 13.8 Å². The van der Waals surface area contributed by atoms with Crippen molar-refractivity contribution in [3.63, 3.8) is 0 Å². The number of nitrogens with one attached hydrogen (secondary N) is 1. The number of hydrogen-bond acceptors (Lipinski definition) is 6. The highest BCUT2D eigenvalue weighted by Gasteiger charge is 2.28. The van der Waals surface area contributed by atoms with E-state index in [-0.39, 0.29) is 18.9 Å². The predicted octanol–water partition coefficient (Wildman–Crippen LogP) is 0.363. The maximum atomic E-state index is 13.5. The van der Waals surface area contributed by atoms with Gasteiger partial charge in [0.05, 0.1) is 4.90 Å². The molecule has 0 aromatic heterocycles. The van der Waals surface area contributed by atoms with Crippen LogP contribution in [0.3, 0.4) is 0 Å². The lowest BCUT2D eigenvalue weighted by Crippen LogP contribution is -2.49. The monoisotopic (exact) mass is 451 g/mol. The van der Waals surface area contributed by atoms with E-state index in [0.29, 0.717) is 31.1 Å². The highest BCUT2D eigenvalue weighted by Crippen LogP contribution is 2.21. The van der Waals surface area contributed by atoms with Crippen molar-refractivity contribution in [2.45, 2.75) is 25.2 Å². The van der Waals surface area contributed by atoms with Gasteiger partial charge in [0.15, 0.2) is 0 Å². The minimum Gasteiger partial charge on any atom is -0.340 e. The maximum absolute atomic E-state index is 13.5. The SMILES string of the molecule is Cc1ccc(S(=O)(=O)N(CCC(=O)N2CCNCC2)CCN2CCN(C)CC2)c(C)c1. The van der Waals surface area contributed by atoms with Crippen LogP contribution in [0.4, 0.5) is 0 Å². The summed E-state index contributed by atoms with van der Waals surface area (Å²) in [4.78, 5) is 19.4. The second kappa shape index (κ2) is 10.9. The highest BCUT2D eigenvalue weighted by atomic mass is 32.2. The number of benzene rings is 1. The summed E-state index contributed by atoms with van der Waals surface area (Å²) in [5, 5.41) is 3.24. The molecule has 9 heteroatoms. The summed E-state index contributed by atoms with van der Waals surface area (Å²) >= 11 is 0. The first kappa shape index (κ1) is 24.1. The molecule has 0 unspecified atom stereocenters. The molecule has 3 rings (SSSR count). The number of hydrogen-bond donors (Lipinski definition) is 1. The standard InChI is InChI=1S/C22H37N5O3S/c1-19-4-5-21(20(2)18-19)31(29,30)27(17-16-25-14-12-24(3)13-15-25)9-6-22(28)26-10-7-23-8-11-26/h4-5,18,23H,6-17H2,1-3H3. The lowest BCUT2D eigenvalue weighted by atomic mass is 10.2. The van der Waals surface area contributed by atoms with Gasteiger partial charge in [0.2, 0.25) is 15.9 Å². The topological polar surface area (TPSA) is 76.2 Å². The van der Waals surface area contributed by atoms with Crippen LogP contribution in [-0.4, -0.2) is 112 Å². The van der Waals surface area contributed by atoms with Crippen LogP contribution in [0.1, 0.15) is 17.5 Å². The van der Waals surface area contributed by atoms with Gasteiger partial charge in [-0.25, -0.2) is 8.42 Å². The molecule has 2 saturated heterocycles. The number of nitrogens with zero attached hydrogens (tertiary/aromatic N) is 4. The van der Waals surface area contributed by atoms with Gasteiger partial charge in [-0.2, -0.15) is 4.31 Å². The molecular formula is C22H37N5O3S. The Morgan fingerprint density at radius 2 is 1.71 bits per heavy atom. The minimum absolute atomic E-state index is 0.0296. The molecule has 0 atom stereocenters. The third-order valence-electron chi connectivity index (χ3n) is 6.25. The summed E-state index contributed by atoms with van der Waals surface area (Å²) < 4.78 is 28.6. The zero-order valence-electron chi connectivity index (χ0n) is 19.1. The quantitative estimate of drug-likeness (QED) is 0.615. The average molecular weight is 452 g/mol. The molecule has 8 nitrogen and oxygen atoms in total. The van der Waals surface area contributed by atoms with Crippen molar-refractivity contribution in [3.05, 3.63) is 29.3 Å². The van der Waals surface area contributed by atoms with Gasteiger partial charge in [-0.15, -0.1) is 0 Å². The van der Waals surface area contributed by atoms with E-state index in [1.54, 1.807) is 6.07 Å². The first-order valence-electron chi connectivity index (χ1n) is 11.2. The van der Waals surface area contributed by atoms with Crippen LogP contribution < -0.4 is 5.32 Å². The molecule has 2 heterocycles. The van der Waals surface area contributed by atoms with Gasteiger partial charge >= 0.3 is 0 Å². The first-order valence-corrected chi connectivity index (χ1v) is 12.7. The summed E-state index contributed by atoms with van der Waals surface area (Å²) in [5.74, 6) is 0.0296. The van der Waals surface area contributed by atoms with Gasteiger partial charge in [-0.3, -0.25) is 9.69 Å². The Morgan fingerprint density at radius 1 is 1.03 bits per heavy atom. The molecule has 2 aliphatic rings. The van der Waals surface area contributed by atoms with Gasteiger partial charge in [-0.05, 0) is 32.5 Å². The fraction of sp³-hybridized carbons (Fsp3) is 0.682.